The first-order valence-electron chi connectivity index (χ1n) is 22.5. The van der Waals surface area contributed by atoms with E-state index in [1.165, 1.54) is 74.9 Å². The van der Waals surface area contributed by atoms with Crippen LogP contribution in [0.2, 0.25) is 15.1 Å². The number of ketones is 1. The normalized spacial score (nSPS) is 13.9. The number of hydrogen-bond donors (Lipinski definition) is 1. The molecule has 5 aromatic rings. The van der Waals surface area contributed by atoms with Gasteiger partial charge in [-0.1, -0.05) is 143 Å². The molecule has 13 heteroatoms. The third kappa shape index (κ3) is 13.3. The second-order valence-electron chi connectivity index (χ2n) is 16.6. The minimum Gasteiger partial charge on any atom is -0.462 e. The van der Waals surface area contributed by atoms with Crippen molar-refractivity contribution in [3.8, 4) is 6.07 Å². The monoisotopic (exact) mass is 937 g/mol. The van der Waals surface area contributed by atoms with Crippen LogP contribution in [0.25, 0.3) is 22.7 Å². The largest absolute Gasteiger partial charge is 0.462 e. The molecule has 340 valence electrons. The van der Waals surface area contributed by atoms with Gasteiger partial charge in [0.15, 0.2) is 5.58 Å². The molecule has 10 nitrogen and oxygen atoms in total. The number of nitriles is 1. The van der Waals surface area contributed by atoms with Gasteiger partial charge in [0.2, 0.25) is 17.8 Å². The molecule has 1 amide bonds. The van der Waals surface area contributed by atoms with Crippen LogP contribution in [0, 0.1) is 24.2 Å². The summed E-state index contributed by atoms with van der Waals surface area (Å²) in [7, 11) is 0. The summed E-state index contributed by atoms with van der Waals surface area (Å²) in [5.74, 6) is -3.98. The van der Waals surface area contributed by atoms with Crippen LogP contribution in [-0.4, -0.2) is 41.3 Å². The standard InChI is InChI=1S/C52H54Cl3N3O7/c1-3-4-5-6-7-8-9-10-11-16-27-63-51(61)38-24-26-41(54)44(31-38)57-49(60)48(47(59)37-23-25-40(53)42(55)30-37)65-52(62)46(34-17-12-13-18-34)36-22-21-35(33(2)28-36)29-39(32-56)50-58-43-19-14-15-20-45(43)64-50/h14-15,19-26,28-31,34,46,48H,3-13,16-18,27H2,1-2H3,(H,57,60). The summed E-state index contributed by atoms with van der Waals surface area (Å²) in [4.78, 5) is 60.5. The number of carbonyl (C=O) groups excluding carboxylic acids is 4. The maximum Gasteiger partial charge on any atom is 0.338 e. The van der Waals surface area contributed by atoms with Crippen LogP contribution in [0.3, 0.4) is 0 Å². The zero-order valence-electron chi connectivity index (χ0n) is 36.8. The van der Waals surface area contributed by atoms with Gasteiger partial charge in [-0.05, 0) is 103 Å². The van der Waals surface area contributed by atoms with Crippen LogP contribution in [-0.2, 0) is 19.1 Å². The Kier molecular flexibility index (Phi) is 18.2. The smallest absolute Gasteiger partial charge is 0.338 e. The van der Waals surface area contributed by atoms with Crippen molar-refractivity contribution in [2.24, 2.45) is 5.92 Å². The fraction of sp³-hybridized carbons (Fsp3) is 0.385. The van der Waals surface area contributed by atoms with E-state index in [-0.39, 0.29) is 55.9 Å². The van der Waals surface area contributed by atoms with E-state index >= 15 is 0 Å². The number of hydrogen-bond acceptors (Lipinski definition) is 9. The van der Waals surface area contributed by atoms with Crippen LogP contribution in [0.5, 0.6) is 0 Å². The number of fused-ring (bicyclic) bond motifs is 1. The van der Waals surface area contributed by atoms with Crippen molar-refractivity contribution in [3.05, 3.63) is 128 Å². The molecule has 0 bridgehead atoms. The highest BCUT2D eigenvalue weighted by Gasteiger charge is 2.39. The number of carbonyl (C=O) groups is 4. The molecular weight excluding hydrogens is 885 g/mol. The van der Waals surface area contributed by atoms with E-state index in [1.54, 1.807) is 24.3 Å². The van der Waals surface area contributed by atoms with Crippen LogP contribution in [0.15, 0.2) is 83.3 Å². The Balaban J connectivity index is 1.19. The molecule has 1 N–H and O–H groups in total. The van der Waals surface area contributed by atoms with Crippen molar-refractivity contribution in [2.75, 3.05) is 11.9 Å². The lowest BCUT2D eigenvalue weighted by Gasteiger charge is -2.26. The average molecular weight is 939 g/mol. The maximum absolute atomic E-state index is 14.5. The summed E-state index contributed by atoms with van der Waals surface area (Å²) in [5.41, 5.74) is 3.67. The number of aromatic nitrogens is 1. The third-order valence-electron chi connectivity index (χ3n) is 11.8. The van der Waals surface area contributed by atoms with Gasteiger partial charge < -0.3 is 19.2 Å². The van der Waals surface area contributed by atoms with E-state index in [1.807, 2.05) is 31.2 Å². The van der Waals surface area contributed by atoms with Crippen LogP contribution in [0.4, 0.5) is 5.69 Å². The van der Waals surface area contributed by atoms with Gasteiger partial charge in [0, 0.05) is 5.56 Å². The molecule has 1 aromatic heterocycles. The number of aryl methyl sites for hydroxylation is 1. The Morgan fingerprint density at radius 2 is 1.51 bits per heavy atom. The average Bonchev–Trinajstić information content (AvgIpc) is 3.99. The summed E-state index contributed by atoms with van der Waals surface area (Å²) in [6.07, 6.45) is 14.4. The van der Waals surface area contributed by atoms with Crippen LogP contribution in [0.1, 0.15) is 146 Å². The van der Waals surface area contributed by atoms with Crippen molar-refractivity contribution in [2.45, 2.75) is 116 Å². The molecule has 2 unspecified atom stereocenters. The molecule has 1 heterocycles. The van der Waals surface area contributed by atoms with E-state index in [0.717, 1.165) is 56.9 Å². The number of rotatable bonds is 22. The van der Waals surface area contributed by atoms with Gasteiger partial charge >= 0.3 is 11.9 Å². The molecule has 1 aliphatic rings. The summed E-state index contributed by atoms with van der Waals surface area (Å²) < 4.78 is 17.4. The lowest BCUT2D eigenvalue weighted by Crippen LogP contribution is -2.41. The minimum atomic E-state index is -1.98. The number of allylic oxidation sites excluding steroid dienone is 1. The van der Waals surface area contributed by atoms with E-state index in [0.29, 0.717) is 22.2 Å². The van der Waals surface area contributed by atoms with Crippen LogP contribution >= 0.6 is 34.8 Å². The number of nitrogens with one attached hydrogen (secondary N) is 1. The number of anilines is 1. The third-order valence-corrected chi connectivity index (χ3v) is 12.9. The molecule has 6 rings (SSSR count). The molecular formula is C52H54Cl3N3O7. The zero-order valence-corrected chi connectivity index (χ0v) is 39.1. The van der Waals surface area contributed by atoms with E-state index in [2.05, 4.69) is 23.3 Å². The quantitative estimate of drug-likeness (QED) is 0.0235. The number of nitrogens with zero attached hydrogens (tertiary/aromatic N) is 2. The van der Waals surface area contributed by atoms with E-state index in [4.69, 9.17) is 48.7 Å². The fourth-order valence-corrected chi connectivity index (χ4v) is 8.69. The van der Waals surface area contributed by atoms with Gasteiger partial charge in [-0.3, -0.25) is 14.4 Å². The van der Waals surface area contributed by atoms with E-state index < -0.39 is 35.7 Å². The molecule has 65 heavy (non-hydrogen) atoms. The molecule has 1 aliphatic carbocycles. The molecule has 4 aromatic carbocycles. The van der Waals surface area contributed by atoms with Crippen molar-refractivity contribution in [1.82, 2.24) is 4.98 Å². The number of ether oxygens (including phenoxy) is 2. The van der Waals surface area contributed by atoms with Gasteiger partial charge in [0.05, 0.1) is 38.8 Å². The molecule has 2 atom stereocenters. The Labute approximate surface area is 395 Å². The Hall–Kier alpha value is -5.47. The highest BCUT2D eigenvalue weighted by molar-refractivity contribution is 6.42. The molecule has 0 saturated heterocycles. The molecule has 0 radical (unpaired) electrons. The maximum atomic E-state index is 14.5. The van der Waals surface area contributed by atoms with Crippen molar-refractivity contribution >= 4 is 86.9 Å². The number of esters is 2. The van der Waals surface area contributed by atoms with Crippen molar-refractivity contribution in [1.29, 1.82) is 5.26 Å². The first-order chi connectivity index (χ1) is 31.5. The first-order valence-corrected chi connectivity index (χ1v) is 23.7. The van der Waals surface area contributed by atoms with Gasteiger partial charge in [-0.2, -0.15) is 5.26 Å². The second-order valence-corrected chi connectivity index (χ2v) is 17.8. The van der Waals surface area contributed by atoms with Gasteiger partial charge in [-0.25, -0.2) is 9.78 Å². The minimum absolute atomic E-state index is 0.0145. The topological polar surface area (TPSA) is 149 Å². The SMILES string of the molecule is CCCCCCCCCCCCOC(=O)c1ccc(Cl)c(NC(=O)C(OC(=O)C(c2ccc(C=C(C#N)c3nc4ccccc4o3)c(C)c2)C2CCCC2)C(=O)c2ccc(Cl)c(Cl)c2)c1. The number of benzene rings is 4. The zero-order chi connectivity index (χ0) is 46.3. The summed E-state index contributed by atoms with van der Waals surface area (Å²) in [6, 6.07) is 23.3. The molecule has 0 aliphatic heterocycles. The summed E-state index contributed by atoms with van der Waals surface area (Å²) >= 11 is 19.0. The van der Waals surface area contributed by atoms with Crippen molar-refractivity contribution in [3.63, 3.8) is 0 Å². The lowest BCUT2D eigenvalue weighted by molar-refractivity contribution is -0.154. The van der Waals surface area contributed by atoms with Crippen molar-refractivity contribution < 1.29 is 33.1 Å². The molecule has 1 saturated carbocycles. The summed E-state index contributed by atoms with van der Waals surface area (Å²) in [6.45, 7) is 4.33. The van der Waals surface area contributed by atoms with Gasteiger partial charge in [-0.15, -0.1) is 0 Å². The molecule has 0 spiro atoms. The number of halogens is 3. The number of amides is 1. The predicted octanol–water partition coefficient (Wildman–Crippen LogP) is 13.9. The predicted molar refractivity (Wildman–Crippen MR) is 256 cm³/mol. The Morgan fingerprint density at radius 1 is 0.831 bits per heavy atom. The van der Waals surface area contributed by atoms with Crippen LogP contribution < -0.4 is 5.32 Å². The van der Waals surface area contributed by atoms with E-state index in [9.17, 15) is 24.4 Å². The summed E-state index contributed by atoms with van der Waals surface area (Å²) in [5, 5.41) is 13.0. The van der Waals surface area contributed by atoms with Gasteiger partial charge in [0.25, 0.3) is 5.91 Å². The number of Topliss-reactive ketones (excluding diaryl/α,β-unsaturated/α-hetero) is 1. The molecule has 1 fully saturated rings. The Morgan fingerprint density at radius 3 is 2.18 bits per heavy atom. The highest BCUT2D eigenvalue weighted by atomic mass is 35.5. The number of oxazole rings is 1. The van der Waals surface area contributed by atoms with Gasteiger partial charge in [0.1, 0.15) is 17.2 Å². The fourth-order valence-electron chi connectivity index (χ4n) is 8.23. The number of unbranched alkanes of at least 4 members (excludes halogenated alkanes) is 9. The number of para-hydroxylation sites is 2. The Bertz CT molecular complexity index is 2520. The second kappa shape index (κ2) is 24.2. The lowest BCUT2D eigenvalue weighted by atomic mass is 9.83. The first kappa shape index (κ1) is 49.0. The highest BCUT2D eigenvalue weighted by Crippen LogP contribution is 2.40.